The molecule has 0 amide bonds. The predicted molar refractivity (Wildman–Crippen MR) is 77.5 cm³/mol. The maximum absolute atomic E-state index is 9.06. The van der Waals surface area contributed by atoms with Gasteiger partial charge in [0.15, 0.2) is 4.77 Å². The SMILES string of the molecule is C=CCCOCCn1c(=S)[nH]c2c(C#N)cccc21. The highest BCUT2D eigenvalue weighted by atomic mass is 32.1. The zero-order chi connectivity index (χ0) is 13.7. The zero-order valence-electron chi connectivity index (χ0n) is 10.6. The van der Waals surface area contributed by atoms with Crippen LogP contribution in [0.15, 0.2) is 30.9 Å². The highest BCUT2D eigenvalue weighted by Crippen LogP contribution is 2.17. The number of H-pyrrole nitrogens is 1. The van der Waals surface area contributed by atoms with Crippen LogP contribution in [-0.4, -0.2) is 22.8 Å². The molecule has 0 unspecified atom stereocenters. The van der Waals surface area contributed by atoms with Crippen LogP contribution in [-0.2, 0) is 11.3 Å². The van der Waals surface area contributed by atoms with Gasteiger partial charge in [0, 0.05) is 6.54 Å². The molecule has 1 aromatic carbocycles. The Kier molecular flexibility index (Phi) is 4.50. The Morgan fingerprint density at radius 2 is 2.32 bits per heavy atom. The smallest absolute Gasteiger partial charge is 0.178 e. The van der Waals surface area contributed by atoms with Crippen LogP contribution in [0.2, 0.25) is 0 Å². The molecular weight excluding hydrogens is 258 g/mol. The van der Waals surface area contributed by atoms with Crippen LogP contribution in [0.5, 0.6) is 0 Å². The first-order valence-electron chi connectivity index (χ1n) is 6.08. The van der Waals surface area contributed by atoms with Gasteiger partial charge in [-0.25, -0.2) is 0 Å². The number of hydrogen-bond acceptors (Lipinski definition) is 3. The largest absolute Gasteiger partial charge is 0.379 e. The molecule has 0 fully saturated rings. The van der Waals surface area contributed by atoms with Crippen molar-refractivity contribution in [1.29, 1.82) is 5.26 Å². The molecule has 0 aliphatic heterocycles. The minimum atomic E-state index is 0.589. The van der Waals surface area contributed by atoms with Gasteiger partial charge >= 0.3 is 0 Å². The van der Waals surface area contributed by atoms with Gasteiger partial charge in [-0.3, -0.25) is 0 Å². The summed E-state index contributed by atoms with van der Waals surface area (Å²) >= 11 is 5.29. The number of benzene rings is 1. The molecule has 98 valence electrons. The lowest BCUT2D eigenvalue weighted by molar-refractivity contribution is 0.131. The van der Waals surface area contributed by atoms with Crippen LogP contribution >= 0.6 is 12.2 Å². The van der Waals surface area contributed by atoms with Gasteiger partial charge in [0.2, 0.25) is 0 Å². The van der Waals surface area contributed by atoms with Crippen LogP contribution < -0.4 is 0 Å². The first-order valence-corrected chi connectivity index (χ1v) is 6.49. The third-order valence-corrected chi connectivity index (χ3v) is 3.18. The van der Waals surface area contributed by atoms with E-state index >= 15 is 0 Å². The summed E-state index contributed by atoms with van der Waals surface area (Å²) in [7, 11) is 0. The van der Waals surface area contributed by atoms with Gasteiger partial charge in [-0.15, -0.1) is 6.58 Å². The predicted octanol–water partition coefficient (Wildman–Crippen LogP) is 3.16. The number of para-hydroxylation sites is 1. The second-order valence-electron chi connectivity index (χ2n) is 4.08. The summed E-state index contributed by atoms with van der Waals surface area (Å²) in [5, 5.41) is 9.06. The fraction of sp³-hybridized carbons (Fsp3) is 0.286. The van der Waals surface area contributed by atoms with Crippen LogP contribution in [0.4, 0.5) is 0 Å². The van der Waals surface area contributed by atoms with Crippen molar-refractivity contribution in [1.82, 2.24) is 9.55 Å². The minimum absolute atomic E-state index is 0.589. The van der Waals surface area contributed by atoms with Crippen molar-refractivity contribution in [3.8, 4) is 6.07 Å². The Balaban J connectivity index is 2.19. The fourth-order valence-corrected chi connectivity index (χ4v) is 2.21. The molecule has 1 heterocycles. The van der Waals surface area contributed by atoms with Crippen LogP contribution in [0.3, 0.4) is 0 Å². The molecule has 2 aromatic rings. The van der Waals surface area contributed by atoms with Gasteiger partial charge < -0.3 is 14.3 Å². The maximum atomic E-state index is 9.06. The van der Waals surface area contributed by atoms with Gasteiger partial charge in [0.1, 0.15) is 6.07 Å². The Labute approximate surface area is 116 Å². The summed E-state index contributed by atoms with van der Waals surface area (Å²) in [5.74, 6) is 0. The number of nitrogens with one attached hydrogen (secondary N) is 1. The lowest BCUT2D eigenvalue weighted by Gasteiger charge is -2.05. The average Bonchev–Trinajstić information content (AvgIpc) is 2.74. The number of ether oxygens (including phenoxy) is 1. The first-order chi connectivity index (χ1) is 9.27. The van der Waals surface area contributed by atoms with E-state index in [1.54, 1.807) is 6.07 Å². The molecule has 0 atom stereocenters. The summed E-state index contributed by atoms with van der Waals surface area (Å²) in [6.45, 7) is 5.57. The standard InChI is InChI=1S/C14H15N3OS/c1-2-3-8-18-9-7-17-12-6-4-5-11(10-15)13(12)16-14(17)19/h2,4-6H,1,3,7-9H2,(H,16,19). The lowest BCUT2D eigenvalue weighted by atomic mass is 10.2. The van der Waals surface area contributed by atoms with Crippen LogP contribution in [0.1, 0.15) is 12.0 Å². The molecule has 0 bridgehead atoms. The van der Waals surface area contributed by atoms with Crippen molar-refractivity contribution in [3.05, 3.63) is 41.2 Å². The van der Waals surface area contributed by atoms with E-state index in [0.717, 1.165) is 17.5 Å². The van der Waals surface area contributed by atoms with E-state index in [4.69, 9.17) is 22.2 Å². The summed E-state index contributed by atoms with van der Waals surface area (Å²) in [6, 6.07) is 7.75. The first kappa shape index (κ1) is 13.5. The van der Waals surface area contributed by atoms with Gasteiger partial charge in [-0.05, 0) is 30.8 Å². The lowest BCUT2D eigenvalue weighted by Crippen LogP contribution is -2.06. The Bertz CT molecular complexity index is 678. The molecule has 0 aliphatic rings. The second kappa shape index (κ2) is 6.32. The van der Waals surface area contributed by atoms with Gasteiger partial charge in [0.25, 0.3) is 0 Å². The number of rotatable bonds is 6. The third kappa shape index (κ3) is 2.92. The Morgan fingerprint density at radius 3 is 3.05 bits per heavy atom. The molecule has 0 spiro atoms. The van der Waals surface area contributed by atoms with E-state index in [1.807, 2.05) is 22.8 Å². The van der Waals surface area contributed by atoms with Crippen LogP contribution in [0, 0.1) is 16.1 Å². The summed E-state index contributed by atoms with van der Waals surface area (Å²) in [6.07, 6.45) is 2.68. The number of imidazole rings is 1. The van der Waals surface area contributed by atoms with Crippen LogP contribution in [0.25, 0.3) is 11.0 Å². The highest BCUT2D eigenvalue weighted by molar-refractivity contribution is 7.71. The minimum Gasteiger partial charge on any atom is -0.379 e. The fourth-order valence-electron chi connectivity index (χ4n) is 1.92. The Hall–Kier alpha value is -1.90. The number of nitriles is 1. The van der Waals surface area contributed by atoms with E-state index in [-0.39, 0.29) is 0 Å². The molecule has 5 heteroatoms. The molecule has 19 heavy (non-hydrogen) atoms. The van der Waals surface area contributed by atoms with E-state index < -0.39 is 0 Å². The van der Waals surface area contributed by atoms with Crippen molar-refractivity contribution in [2.75, 3.05) is 13.2 Å². The number of fused-ring (bicyclic) bond motifs is 1. The third-order valence-electron chi connectivity index (χ3n) is 2.86. The van der Waals surface area contributed by atoms with Crippen molar-refractivity contribution < 1.29 is 4.74 Å². The van der Waals surface area contributed by atoms with Gasteiger partial charge in [0.05, 0.1) is 29.8 Å². The quantitative estimate of drug-likeness (QED) is 0.499. The van der Waals surface area contributed by atoms with Crippen molar-refractivity contribution in [2.24, 2.45) is 0 Å². The number of hydrogen-bond donors (Lipinski definition) is 1. The van der Waals surface area contributed by atoms with Crippen molar-refractivity contribution in [3.63, 3.8) is 0 Å². The maximum Gasteiger partial charge on any atom is 0.178 e. The topological polar surface area (TPSA) is 53.7 Å². The number of nitrogens with zero attached hydrogens (tertiary/aromatic N) is 2. The normalized spacial score (nSPS) is 10.5. The van der Waals surface area contributed by atoms with Crippen molar-refractivity contribution >= 4 is 23.3 Å². The molecule has 0 saturated heterocycles. The van der Waals surface area contributed by atoms with Gasteiger partial charge in [-0.1, -0.05) is 12.1 Å². The van der Waals surface area contributed by atoms with E-state index in [9.17, 15) is 0 Å². The van der Waals surface area contributed by atoms with E-state index in [2.05, 4.69) is 17.6 Å². The molecule has 0 aliphatic carbocycles. The summed E-state index contributed by atoms with van der Waals surface area (Å²) in [5.41, 5.74) is 2.34. The summed E-state index contributed by atoms with van der Waals surface area (Å²) < 4.78 is 8.06. The highest BCUT2D eigenvalue weighted by Gasteiger charge is 2.07. The molecule has 4 nitrogen and oxygen atoms in total. The molecule has 2 rings (SSSR count). The molecule has 0 saturated carbocycles. The molecule has 0 radical (unpaired) electrons. The van der Waals surface area contributed by atoms with E-state index in [1.165, 1.54) is 0 Å². The number of aromatic amines is 1. The molecular formula is C14H15N3OS. The summed E-state index contributed by atoms with van der Waals surface area (Å²) in [4.78, 5) is 3.08. The van der Waals surface area contributed by atoms with Crippen molar-refractivity contribution in [2.45, 2.75) is 13.0 Å². The van der Waals surface area contributed by atoms with E-state index in [0.29, 0.717) is 30.1 Å². The molecule has 1 N–H and O–H groups in total. The molecule has 1 aromatic heterocycles. The monoisotopic (exact) mass is 273 g/mol. The average molecular weight is 273 g/mol. The van der Waals surface area contributed by atoms with Gasteiger partial charge in [-0.2, -0.15) is 5.26 Å². The second-order valence-corrected chi connectivity index (χ2v) is 4.47. The number of aromatic nitrogens is 2. The zero-order valence-corrected chi connectivity index (χ0v) is 11.4. The Morgan fingerprint density at radius 1 is 1.47 bits per heavy atom.